The van der Waals surface area contributed by atoms with E-state index in [2.05, 4.69) is 40.0 Å². The van der Waals surface area contributed by atoms with Gasteiger partial charge in [-0.05, 0) is 30.7 Å². The Morgan fingerprint density at radius 2 is 1.62 bits per heavy atom. The van der Waals surface area contributed by atoms with Gasteiger partial charge >= 0.3 is 0 Å². The molecule has 2 aromatic carbocycles. The molecule has 6 nitrogen and oxygen atoms in total. The van der Waals surface area contributed by atoms with Crippen LogP contribution in [-0.2, 0) is 16.6 Å². The average molecular weight is 444 g/mol. The second kappa shape index (κ2) is 8.67. The summed E-state index contributed by atoms with van der Waals surface area (Å²) in [6.45, 7) is 4.81. The molecule has 0 spiro atoms. The zero-order chi connectivity index (χ0) is 22.0. The Kier molecular flexibility index (Phi) is 5.57. The molecule has 1 fully saturated rings. The molecule has 1 atom stereocenters. The van der Waals surface area contributed by atoms with Crippen molar-refractivity contribution in [1.29, 1.82) is 0 Å². The summed E-state index contributed by atoms with van der Waals surface area (Å²) < 4.78 is 1.15. The molecular weight excluding hydrogens is 418 g/mol. The van der Waals surface area contributed by atoms with Crippen LogP contribution in [0.15, 0.2) is 73.1 Å². The van der Waals surface area contributed by atoms with E-state index in [9.17, 15) is 4.79 Å². The fourth-order valence-corrected chi connectivity index (χ4v) is 5.44. The number of hydrogen-bond donors (Lipinski definition) is 0. The van der Waals surface area contributed by atoms with Crippen molar-refractivity contribution >= 4 is 33.4 Å². The van der Waals surface area contributed by atoms with Gasteiger partial charge in [-0.2, -0.15) is 0 Å². The lowest BCUT2D eigenvalue weighted by Gasteiger charge is -2.40. The van der Waals surface area contributed by atoms with Crippen LogP contribution in [0.5, 0.6) is 0 Å². The summed E-state index contributed by atoms with van der Waals surface area (Å²) in [5.74, 6) is 0.872. The number of piperazine rings is 1. The third-order valence-corrected chi connectivity index (χ3v) is 7.16. The summed E-state index contributed by atoms with van der Waals surface area (Å²) in [5.41, 5.74) is 1.34. The number of para-hydroxylation sites is 1. The molecule has 1 unspecified atom stereocenters. The average Bonchev–Trinajstić information content (AvgIpc) is 3.27. The highest BCUT2D eigenvalue weighted by Crippen LogP contribution is 2.34. The predicted molar refractivity (Wildman–Crippen MR) is 128 cm³/mol. The predicted octanol–water partition coefficient (Wildman–Crippen LogP) is 3.94. The van der Waals surface area contributed by atoms with E-state index in [-0.39, 0.29) is 5.91 Å². The Balaban J connectivity index is 1.40. The number of fused-ring (bicyclic) bond motifs is 1. The fourth-order valence-electron chi connectivity index (χ4n) is 4.32. The van der Waals surface area contributed by atoms with E-state index in [1.54, 1.807) is 23.7 Å². The minimum Gasteiger partial charge on any atom is -0.338 e. The zero-order valence-electron chi connectivity index (χ0n) is 18.0. The summed E-state index contributed by atoms with van der Waals surface area (Å²) in [6.07, 6.45) is 4.09. The van der Waals surface area contributed by atoms with Crippen LogP contribution in [0.4, 0.5) is 5.95 Å². The van der Waals surface area contributed by atoms with Gasteiger partial charge in [0.15, 0.2) is 0 Å². The number of carbonyl (C=O) groups excluding carboxylic acids is 1. The van der Waals surface area contributed by atoms with Crippen LogP contribution >= 0.6 is 11.3 Å². The maximum atomic E-state index is 13.9. The van der Waals surface area contributed by atoms with Crippen molar-refractivity contribution in [2.45, 2.75) is 18.8 Å². The first-order chi connectivity index (χ1) is 15.6. The van der Waals surface area contributed by atoms with Crippen molar-refractivity contribution in [3.05, 3.63) is 83.6 Å². The molecule has 3 heterocycles. The van der Waals surface area contributed by atoms with Gasteiger partial charge in [-0.1, -0.05) is 42.5 Å². The molecular formula is C25H25N5OS. The van der Waals surface area contributed by atoms with E-state index in [1.807, 2.05) is 47.4 Å². The van der Waals surface area contributed by atoms with Gasteiger partial charge in [-0.3, -0.25) is 4.79 Å². The minimum absolute atomic E-state index is 0.150. The largest absolute Gasteiger partial charge is 0.338 e. The van der Waals surface area contributed by atoms with E-state index in [1.165, 1.54) is 0 Å². The number of anilines is 1. The summed E-state index contributed by atoms with van der Waals surface area (Å²) in [6, 6.07) is 20.1. The number of rotatable bonds is 5. The maximum absolute atomic E-state index is 13.9. The monoisotopic (exact) mass is 443 g/mol. The van der Waals surface area contributed by atoms with E-state index in [4.69, 9.17) is 4.98 Å². The van der Waals surface area contributed by atoms with Crippen LogP contribution in [0.2, 0.25) is 0 Å². The van der Waals surface area contributed by atoms with Crippen LogP contribution in [0, 0.1) is 0 Å². The van der Waals surface area contributed by atoms with Gasteiger partial charge in [-0.15, -0.1) is 11.3 Å². The van der Waals surface area contributed by atoms with Crippen molar-refractivity contribution in [3.8, 4) is 0 Å². The van der Waals surface area contributed by atoms with Gasteiger partial charge in [0.05, 0.1) is 20.6 Å². The third kappa shape index (κ3) is 3.96. The first-order valence-corrected chi connectivity index (χ1v) is 11.7. The summed E-state index contributed by atoms with van der Waals surface area (Å²) in [4.78, 5) is 31.6. The second-order valence-electron chi connectivity index (χ2n) is 8.28. The first kappa shape index (κ1) is 20.6. The molecule has 1 saturated heterocycles. The van der Waals surface area contributed by atoms with Gasteiger partial charge in [0, 0.05) is 45.0 Å². The SMILES string of the molecule is CC(Cc1nc2ccccc2s1)(C(=O)N1CCN(c2ncccn2)CC1)c1ccccc1. The first-order valence-electron chi connectivity index (χ1n) is 10.8. The van der Waals surface area contributed by atoms with Crippen LogP contribution in [0.3, 0.4) is 0 Å². The topological polar surface area (TPSA) is 62.2 Å². The maximum Gasteiger partial charge on any atom is 0.233 e. The zero-order valence-corrected chi connectivity index (χ0v) is 18.8. The van der Waals surface area contributed by atoms with Crippen LogP contribution in [-0.4, -0.2) is 51.9 Å². The molecule has 0 aliphatic carbocycles. The summed E-state index contributed by atoms with van der Waals surface area (Å²) in [5, 5.41) is 0.988. The molecule has 0 bridgehead atoms. The molecule has 0 radical (unpaired) electrons. The number of benzene rings is 2. The molecule has 32 heavy (non-hydrogen) atoms. The van der Waals surface area contributed by atoms with Gasteiger partial charge in [0.25, 0.3) is 0 Å². The lowest BCUT2D eigenvalue weighted by molar-refractivity contribution is -0.137. The Labute approximate surface area is 191 Å². The van der Waals surface area contributed by atoms with E-state index < -0.39 is 5.41 Å². The van der Waals surface area contributed by atoms with Gasteiger partial charge in [0.1, 0.15) is 0 Å². The Morgan fingerprint density at radius 3 is 2.34 bits per heavy atom. The van der Waals surface area contributed by atoms with E-state index >= 15 is 0 Å². The van der Waals surface area contributed by atoms with Crippen molar-refractivity contribution in [3.63, 3.8) is 0 Å². The second-order valence-corrected chi connectivity index (χ2v) is 9.39. The third-order valence-electron chi connectivity index (χ3n) is 6.13. The van der Waals surface area contributed by atoms with Crippen molar-refractivity contribution < 1.29 is 4.79 Å². The van der Waals surface area contributed by atoms with Crippen molar-refractivity contribution in [1.82, 2.24) is 19.9 Å². The lowest BCUT2D eigenvalue weighted by atomic mass is 9.78. The Morgan fingerprint density at radius 1 is 0.938 bits per heavy atom. The van der Waals surface area contributed by atoms with Crippen molar-refractivity contribution in [2.24, 2.45) is 0 Å². The Bertz CT molecular complexity index is 1170. The van der Waals surface area contributed by atoms with Gasteiger partial charge in [-0.25, -0.2) is 15.0 Å². The highest BCUT2D eigenvalue weighted by molar-refractivity contribution is 7.18. The normalized spacial score (nSPS) is 16.2. The molecule has 162 valence electrons. The van der Waals surface area contributed by atoms with E-state index in [0.717, 1.165) is 39.8 Å². The molecule has 4 aromatic rings. The highest BCUT2D eigenvalue weighted by Gasteiger charge is 2.40. The molecule has 5 rings (SSSR count). The number of nitrogens with zero attached hydrogens (tertiary/aromatic N) is 5. The van der Waals surface area contributed by atoms with Gasteiger partial charge in [0.2, 0.25) is 11.9 Å². The number of aromatic nitrogens is 3. The summed E-state index contributed by atoms with van der Waals surface area (Å²) >= 11 is 1.67. The number of hydrogen-bond acceptors (Lipinski definition) is 6. The molecule has 0 N–H and O–H groups in total. The Hall–Kier alpha value is -3.32. The summed E-state index contributed by atoms with van der Waals surface area (Å²) in [7, 11) is 0. The lowest BCUT2D eigenvalue weighted by Crippen LogP contribution is -2.54. The minimum atomic E-state index is -0.680. The number of amides is 1. The molecule has 1 aliphatic rings. The molecule has 7 heteroatoms. The smallest absolute Gasteiger partial charge is 0.233 e. The van der Waals surface area contributed by atoms with Gasteiger partial charge < -0.3 is 9.80 Å². The van der Waals surface area contributed by atoms with Crippen LogP contribution in [0.25, 0.3) is 10.2 Å². The highest BCUT2D eigenvalue weighted by atomic mass is 32.1. The molecule has 2 aromatic heterocycles. The molecule has 0 saturated carbocycles. The van der Waals surface area contributed by atoms with Crippen LogP contribution < -0.4 is 4.90 Å². The molecule has 1 amide bonds. The molecule has 1 aliphatic heterocycles. The number of carbonyl (C=O) groups is 1. The van der Waals surface area contributed by atoms with Crippen molar-refractivity contribution in [2.75, 3.05) is 31.1 Å². The van der Waals surface area contributed by atoms with E-state index in [0.29, 0.717) is 19.5 Å². The standard InChI is InChI=1S/C25H25N5OS/c1-25(19-8-3-2-4-9-19,18-22-28-20-10-5-6-11-21(20)32-22)23(31)29-14-16-30(17-15-29)24-26-12-7-13-27-24/h2-13H,14-18H2,1H3. The quantitative estimate of drug-likeness (QED) is 0.468. The fraction of sp³-hybridized carbons (Fsp3) is 0.280. The number of thiazole rings is 1. The van der Waals surface area contributed by atoms with Crippen LogP contribution in [0.1, 0.15) is 17.5 Å².